The lowest BCUT2D eigenvalue weighted by atomic mass is 9.98. The number of methoxy groups -OCH3 is 1. The number of para-hydroxylation sites is 1. The van der Waals surface area contributed by atoms with E-state index in [9.17, 15) is 9.59 Å². The Kier molecular flexibility index (Phi) is 4.62. The van der Waals surface area contributed by atoms with E-state index in [2.05, 4.69) is 5.32 Å². The van der Waals surface area contributed by atoms with Crippen molar-refractivity contribution in [3.05, 3.63) is 59.7 Å². The van der Waals surface area contributed by atoms with Crippen LogP contribution in [0.5, 0.6) is 0 Å². The fourth-order valence-electron chi connectivity index (χ4n) is 3.04. The summed E-state index contributed by atoms with van der Waals surface area (Å²) in [5.74, 6) is -0.184. The van der Waals surface area contributed by atoms with E-state index in [4.69, 9.17) is 4.74 Å². The van der Waals surface area contributed by atoms with Crippen molar-refractivity contribution in [2.75, 3.05) is 23.9 Å². The summed E-state index contributed by atoms with van der Waals surface area (Å²) < 4.78 is 5.53. The highest BCUT2D eigenvalue weighted by Gasteiger charge is 2.28. The molecule has 24 heavy (non-hydrogen) atoms. The minimum absolute atomic E-state index is 0.0207. The van der Waals surface area contributed by atoms with Crippen LogP contribution in [0.1, 0.15) is 35.4 Å². The van der Waals surface area contributed by atoms with E-state index >= 15 is 0 Å². The fraction of sp³-hybridized carbons (Fsp3) is 0.263. The summed E-state index contributed by atoms with van der Waals surface area (Å²) in [7, 11) is 1.69. The molecule has 3 rings (SSSR count). The molecule has 1 N–H and O–H groups in total. The summed E-state index contributed by atoms with van der Waals surface area (Å²) in [4.78, 5) is 25.8. The lowest BCUT2D eigenvalue weighted by Crippen LogP contribution is -2.37. The topological polar surface area (TPSA) is 58.6 Å². The molecule has 0 aliphatic carbocycles. The molecule has 1 aliphatic heterocycles. The van der Waals surface area contributed by atoms with Crippen molar-refractivity contribution in [3.63, 3.8) is 0 Å². The number of ether oxygens (including phenoxy) is 1. The molecule has 0 fully saturated rings. The molecule has 0 aromatic heterocycles. The highest BCUT2D eigenvalue weighted by atomic mass is 16.5. The maximum absolute atomic E-state index is 12.9. The van der Waals surface area contributed by atoms with E-state index in [0.29, 0.717) is 17.8 Å². The first-order chi connectivity index (χ1) is 11.6. The van der Waals surface area contributed by atoms with Crippen LogP contribution in [-0.4, -0.2) is 25.5 Å². The van der Waals surface area contributed by atoms with Gasteiger partial charge in [-0.15, -0.1) is 0 Å². The minimum Gasteiger partial charge on any atom is -0.377 e. The number of hydrogen-bond donors (Lipinski definition) is 1. The number of anilines is 2. The molecule has 1 aliphatic rings. The fourth-order valence-corrected chi connectivity index (χ4v) is 3.04. The monoisotopic (exact) mass is 324 g/mol. The van der Waals surface area contributed by atoms with E-state index in [1.165, 1.54) is 6.92 Å². The number of amides is 2. The first-order valence-electron chi connectivity index (χ1n) is 7.91. The summed E-state index contributed by atoms with van der Waals surface area (Å²) in [5.41, 5.74) is 3.20. The molecule has 1 unspecified atom stereocenters. The van der Waals surface area contributed by atoms with E-state index in [1.54, 1.807) is 36.3 Å². The Hall–Kier alpha value is -2.66. The van der Waals surface area contributed by atoms with Crippen molar-refractivity contribution in [2.24, 2.45) is 0 Å². The number of fused-ring (bicyclic) bond motifs is 1. The summed E-state index contributed by atoms with van der Waals surface area (Å²) in [6, 6.07) is 14.8. The van der Waals surface area contributed by atoms with Gasteiger partial charge in [0.2, 0.25) is 5.91 Å². The third kappa shape index (κ3) is 3.16. The molecule has 1 heterocycles. The summed E-state index contributed by atoms with van der Waals surface area (Å²) in [6.07, 6.45) is 0.788. The number of carbonyl (C=O) groups is 2. The predicted molar refractivity (Wildman–Crippen MR) is 93.2 cm³/mol. The number of hydrogen-bond acceptors (Lipinski definition) is 3. The van der Waals surface area contributed by atoms with E-state index in [0.717, 1.165) is 17.7 Å². The van der Waals surface area contributed by atoms with Gasteiger partial charge in [-0.05, 0) is 36.8 Å². The van der Waals surface area contributed by atoms with E-state index in [1.807, 2.05) is 24.3 Å². The molecule has 0 saturated carbocycles. The van der Waals surface area contributed by atoms with E-state index < -0.39 is 0 Å². The van der Waals surface area contributed by atoms with Gasteiger partial charge in [0.15, 0.2) is 0 Å². The third-order valence-corrected chi connectivity index (χ3v) is 4.17. The van der Waals surface area contributed by atoms with Gasteiger partial charge in [-0.2, -0.15) is 0 Å². The molecule has 0 spiro atoms. The highest BCUT2D eigenvalue weighted by Crippen LogP contribution is 2.36. The van der Waals surface area contributed by atoms with Crippen molar-refractivity contribution in [3.8, 4) is 0 Å². The molecular weight excluding hydrogens is 304 g/mol. The van der Waals surface area contributed by atoms with Gasteiger partial charge in [0.05, 0.1) is 6.10 Å². The van der Waals surface area contributed by atoms with Crippen LogP contribution in [0, 0.1) is 0 Å². The van der Waals surface area contributed by atoms with Gasteiger partial charge in [0.25, 0.3) is 5.91 Å². The Bertz CT molecular complexity index is 755. The van der Waals surface area contributed by atoms with Gasteiger partial charge < -0.3 is 15.0 Å². The molecular formula is C19H20N2O3. The average Bonchev–Trinajstić information content (AvgIpc) is 2.60. The van der Waals surface area contributed by atoms with Gasteiger partial charge >= 0.3 is 0 Å². The van der Waals surface area contributed by atoms with Crippen LogP contribution >= 0.6 is 0 Å². The second-order valence-corrected chi connectivity index (χ2v) is 5.79. The summed E-state index contributed by atoms with van der Waals surface area (Å²) in [6.45, 7) is 2.07. The predicted octanol–water partition coefficient (Wildman–Crippen LogP) is 3.38. The summed E-state index contributed by atoms with van der Waals surface area (Å²) >= 11 is 0. The quantitative estimate of drug-likeness (QED) is 0.941. The Balaban J connectivity index is 1.86. The van der Waals surface area contributed by atoms with Crippen LogP contribution in [0.4, 0.5) is 11.4 Å². The van der Waals surface area contributed by atoms with Crippen LogP contribution < -0.4 is 10.2 Å². The molecule has 0 bridgehead atoms. The van der Waals surface area contributed by atoms with Gasteiger partial charge in [0.1, 0.15) is 0 Å². The van der Waals surface area contributed by atoms with Crippen molar-refractivity contribution in [2.45, 2.75) is 19.4 Å². The highest BCUT2D eigenvalue weighted by molar-refractivity contribution is 6.07. The Morgan fingerprint density at radius 2 is 1.83 bits per heavy atom. The van der Waals surface area contributed by atoms with Crippen LogP contribution in [-0.2, 0) is 9.53 Å². The van der Waals surface area contributed by atoms with Crippen molar-refractivity contribution in [1.29, 1.82) is 0 Å². The first-order valence-corrected chi connectivity index (χ1v) is 7.91. The molecule has 5 heteroatoms. The second kappa shape index (κ2) is 6.84. The smallest absolute Gasteiger partial charge is 0.258 e. The second-order valence-electron chi connectivity index (χ2n) is 5.79. The Morgan fingerprint density at radius 1 is 1.12 bits per heavy atom. The average molecular weight is 324 g/mol. The molecule has 2 amide bonds. The zero-order chi connectivity index (χ0) is 17.1. The van der Waals surface area contributed by atoms with Crippen molar-refractivity contribution < 1.29 is 14.3 Å². The lowest BCUT2D eigenvalue weighted by Gasteiger charge is -2.33. The maximum atomic E-state index is 12.9. The molecule has 124 valence electrons. The van der Waals surface area contributed by atoms with Gasteiger partial charge in [-0.1, -0.05) is 18.2 Å². The molecule has 0 radical (unpaired) electrons. The van der Waals surface area contributed by atoms with Crippen LogP contribution in [0.2, 0.25) is 0 Å². The number of rotatable bonds is 3. The van der Waals surface area contributed by atoms with Crippen LogP contribution in [0.25, 0.3) is 0 Å². The van der Waals surface area contributed by atoms with Crippen LogP contribution in [0.15, 0.2) is 48.5 Å². The van der Waals surface area contributed by atoms with Gasteiger partial charge in [-0.3, -0.25) is 9.59 Å². The number of carbonyl (C=O) groups excluding carboxylic acids is 2. The zero-order valence-corrected chi connectivity index (χ0v) is 13.8. The lowest BCUT2D eigenvalue weighted by molar-refractivity contribution is -0.114. The molecule has 5 nitrogen and oxygen atoms in total. The number of nitrogens with zero attached hydrogens (tertiary/aromatic N) is 1. The molecule has 1 atom stereocenters. The largest absolute Gasteiger partial charge is 0.377 e. The molecule has 0 saturated heterocycles. The SMILES string of the molecule is COC1CCN(C(=O)c2ccc(NC(C)=O)cc2)c2ccccc21. The summed E-state index contributed by atoms with van der Waals surface area (Å²) in [5, 5.41) is 2.70. The molecule has 2 aromatic rings. The number of benzene rings is 2. The number of nitrogens with one attached hydrogen (secondary N) is 1. The van der Waals surface area contributed by atoms with E-state index in [-0.39, 0.29) is 17.9 Å². The first kappa shape index (κ1) is 16.2. The zero-order valence-electron chi connectivity index (χ0n) is 13.8. The van der Waals surface area contributed by atoms with Crippen LogP contribution in [0.3, 0.4) is 0 Å². The minimum atomic E-state index is -0.135. The van der Waals surface area contributed by atoms with Crippen molar-refractivity contribution >= 4 is 23.2 Å². The van der Waals surface area contributed by atoms with Gasteiger partial charge in [-0.25, -0.2) is 0 Å². The van der Waals surface area contributed by atoms with Gasteiger partial charge in [0, 0.05) is 43.1 Å². The maximum Gasteiger partial charge on any atom is 0.258 e. The van der Waals surface area contributed by atoms with Crippen molar-refractivity contribution in [1.82, 2.24) is 0 Å². The Morgan fingerprint density at radius 3 is 2.50 bits per heavy atom. The Labute approximate surface area is 141 Å². The molecule has 2 aromatic carbocycles. The standard InChI is InChI=1S/C19H20N2O3/c1-13(22)20-15-9-7-14(8-10-15)19(23)21-12-11-18(24-2)16-5-3-4-6-17(16)21/h3-10,18H,11-12H2,1-2H3,(H,20,22). The third-order valence-electron chi connectivity index (χ3n) is 4.17. The normalized spacial score (nSPS) is 16.4.